The Labute approximate surface area is 80.3 Å². The summed E-state index contributed by atoms with van der Waals surface area (Å²) in [5.74, 6) is -0.972. The van der Waals surface area contributed by atoms with Crippen molar-refractivity contribution in [1.29, 1.82) is 0 Å². The van der Waals surface area contributed by atoms with Crippen LogP contribution in [0, 0.1) is 5.92 Å². The van der Waals surface area contributed by atoms with Crippen LogP contribution < -0.4 is 5.73 Å². The lowest BCUT2D eigenvalue weighted by atomic mass is 9.97. The molecule has 1 saturated carbocycles. The van der Waals surface area contributed by atoms with Crippen LogP contribution >= 0.6 is 0 Å². The van der Waals surface area contributed by atoms with E-state index in [0.717, 1.165) is 0 Å². The summed E-state index contributed by atoms with van der Waals surface area (Å²) in [5.41, 5.74) is 5.63. The lowest BCUT2D eigenvalue weighted by molar-refractivity contribution is -0.140. The molecule has 1 aliphatic carbocycles. The fourth-order valence-electron chi connectivity index (χ4n) is 1.13. The van der Waals surface area contributed by atoms with Gasteiger partial charge in [0.25, 0.3) is 0 Å². The summed E-state index contributed by atoms with van der Waals surface area (Å²) in [4.78, 5) is 9.70. The van der Waals surface area contributed by atoms with Crippen LogP contribution in [0.15, 0.2) is 0 Å². The SMILES string of the molecule is CC(C)C(=O)O.NC1CCCCC1. The molecule has 1 aliphatic rings. The number of nitrogens with two attached hydrogens (primary N) is 1. The zero-order valence-electron chi connectivity index (χ0n) is 8.62. The lowest BCUT2D eigenvalue weighted by Gasteiger charge is -2.15. The molecular formula is C10H21NO2. The summed E-state index contributed by atoms with van der Waals surface area (Å²) < 4.78 is 0. The standard InChI is InChI=1S/C6H13N.C4H8O2/c7-6-4-2-1-3-5-6;1-3(2)4(5)6/h6H,1-5,7H2;3H,1-2H3,(H,5,6). The molecule has 0 aliphatic heterocycles. The summed E-state index contributed by atoms with van der Waals surface area (Å²) >= 11 is 0. The van der Waals surface area contributed by atoms with Crippen molar-refractivity contribution in [2.45, 2.75) is 52.0 Å². The van der Waals surface area contributed by atoms with Crippen molar-refractivity contribution in [2.75, 3.05) is 0 Å². The first-order valence-corrected chi connectivity index (χ1v) is 5.02. The maximum absolute atomic E-state index is 9.70. The van der Waals surface area contributed by atoms with Crippen LogP contribution in [0.3, 0.4) is 0 Å². The van der Waals surface area contributed by atoms with Crippen molar-refractivity contribution >= 4 is 5.97 Å². The second-order valence-electron chi connectivity index (χ2n) is 3.89. The van der Waals surface area contributed by atoms with Gasteiger partial charge in [0, 0.05) is 6.04 Å². The summed E-state index contributed by atoms with van der Waals surface area (Å²) in [6.07, 6.45) is 6.66. The molecule has 1 fully saturated rings. The molecule has 78 valence electrons. The second kappa shape index (κ2) is 6.89. The van der Waals surface area contributed by atoms with Crippen molar-refractivity contribution in [1.82, 2.24) is 0 Å². The number of hydrogen-bond donors (Lipinski definition) is 2. The zero-order valence-corrected chi connectivity index (χ0v) is 8.62. The Morgan fingerprint density at radius 2 is 1.69 bits per heavy atom. The molecule has 0 atom stereocenters. The van der Waals surface area contributed by atoms with Gasteiger partial charge >= 0.3 is 5.97 Å². The van der Waals surface area contributed by atoms with Gasteiger partial charge in [0.05, 0.1) is 5.92 Å². The van der Waals surface area contributed by atoms with Crippen molar-refractivity contribution in [3.63, 3.8) is 0 Å². The van der Waals surface area contributed by atoms with Gasteiger partial charge in [-0.25, -0.2) is 0 Å². The van der Waals surface area contributed by atoms with Crippen LogP contribution in [-0.2, 0) is 4.79 Å². The Bertz CT molecular complexity index is 140. The maximum Gasteiger partial charge on any atom is 0.305 e. The molecule has 0 aromatic heterocycles. The van der Waals surface area contributed by atoms with Crippen LogP contribution in [0.5, 0.6) is 0 Å². The summed E-state index contributed by atoms with van der Waals surface area (Å²) in [6.45, 7) is 3.28. The van der Waals surface area contributed by atoms with E-state index in [1.165, 1.54) is 32.1 Å². The number of hydrogen-bond acceptors (Lipinski definition) is 2. The quantitative estimate of drug-likeness (QED) is 0.660. The predicted octanol–water partition coefficient (Wildman–Crippen LogP) is 2.00. The van der Waals surface area contributed by atoms with Gasteiger partial charge in [0.15, 0.2) is 0 Å². The molecule has 13 heavy (non-hydrogen) atoms. The number of carboxylic acid groups (broad SMARTS) is 1. The van der Waals surface area contributed by atoms with Gasteiger partial charge in [-0.15, -0.1) is 0 Å². The Morgan fingerprint density at radius 3 is 1.85 bits per heavy atom. The molecule has 0 saturated heterocycles. The van der Waals surface area contributed by atoms with Crippen molar-refractivity contribution < 1.29 is 9.90 Å². The Morgan fingerprint density at radius 1 is 1.31 bits per heavy atom. The zero-order chi connectivity index (χ0) is 10.3. The first-order chi connectivity index (χ1) is 6.04. The average Bonchev–Trinajstić information content (AvgIpc) is 2.06. The van der Waals surface area contributed by atoms with E-state index in [2.05, 4.69) is 0 Å². The molecule has 0 spiro atoms. The first kappa shape index (κ1) is 12.4. The number of rotatable bonds is 1. The first-order valence-electron chi connectivity index (χ1n) is 5.02. The van der Waals surface area contributed by atoms with Gasteiger partial charge in [-0.1, -0.05) is 33.1 Å². The molecular weight excluding hydrogens is 166 g/mol. The topological polar surface area (TPSA) is 63.3 Å². The third kappa shape index (κ3) is 7.78. The molecule has 1 rings (SSSR count). The monoisotopic (exact) mass is 187 g/mol. The van der Waals surface area contributed by atoms with Crippen LogP contribution in [0.2, 0.25) is 0 Å². The Hall–Kier alpha value is -0.570. The molecule has 0 aromatic rings. The molecule has 0 amide bonds. The van der Waals surface area contributed by atoms with E-state index in [-0.39, 0.29) is 5.92 Å². The number of carboxylic acids is 1. The normalized spacial score (nSPS) is 17.8. The molecule has 0 radical (unpaired) electrons. The van der Waals surface area contributed by atoms with Crippen molar-refractivity contribution in [3.05, 3.63) is 0 Å². The van der Waals surface area contributed by atoms with Crippen LogP contribution in [0.1, 0.15) is 46.0 Å². The molecule has 3 N–H and O–H groups in total. The van der Waals surface area contributed by atoms with Gasteiger partial charge in [-0.2, -0.15) is 0 Å². The van der Waals surface area contributed by atoms with Crippen LogP contribution in [-0.4, -0.2) is 17.1 Å². The van der Waals surface area contributed by atoms with Gasteiger partial charge < -0.3 is 10.8 Å². The van der Waals surface area contributed by atoms with Gasteiger partial charge in [0.1, 0.15) is 0 Å². The maximum atomic E-state index is 9.70. The third-order valence-electron chi connectivity index (χ3n) is 2.14. The van der Waals surface area contributed by atoms with E-state index in [1.807, 2.05) is 0 Å². The van der Waals surface area contributed by atoms with Gasteiger partial charge in [-0.3, -0.25) is 4.79 Å². The minimum absolute atomic E-state index is 0.231. The lowest BCUT2D eigenvalue weighted by Crippen LogP contribution is -2.22. The Kier molecular flexibility index (Phi) is 6.59. The highest BCUT2D eigenvalue weighted by Gasteiger charge is 2.06. The van der Waals surface area contributed by atoms with Gasteiger partial charge in [0.2, 0.25) is 0 Å². The van der Waals surface area contributed by atoms with E-state index in [1.54, 1.807) is 13.8 Å². The summed E-state index contributed by atoms with van der Waals surface area (Å²) in [5, 5.41) is 7.99. The van der Waals surface area contributed by atoms with Gasteiger partial charge in [-0.05, 0) is 12.8 Å². The van der Waals surface area contributed by atoms with E-state index in [0.29, 0.717) is 6.04 Å². The average molecular weight is 187 g/mol. The molecule has 3 nitrogen and oxygen atoms in total. The van der Waals surface area contributed by atoms with Crippen LogP contribution in [0.25, 0.3) is 0 Å². The van der Waals surface area contributed by atoms with E-state index >= 15 is 0 Å². The fraction of sp³-hybridized carbons (Fsp3) is 0.900. The van der Waals surface area contributed by atoms with E-state index in [9.17, 15) is 4.79 Å². The fourth-order valence-corrected chi connectivity index (χ4v) is 1.13. The predicted molar refractivity (Wildman–Crippen MR) is 53.5 cm³/mol. The van der Waals surface area contributed by atoms with Crippen molar-refractivity contribution in [3.8, 4) is 0 Å². The largest absolute Gasteiger partial charge is 0.481 e. The highest BCUT2D eigenvalue weighted by atomic mass is 16.4. The highest BCUT2D eigenvalue weighted by Crippen LogP contribution is 2.14. The van der Waals surface area contributed by atoms with E-state index in [4.69, 9.17) is 10.8 Å². The van der Waals surface area contributed by atoms with E-state index < -0.39 is 5.97 Å². The number of carbonyl (C=O) groups is 1. The molecule has 0 heterocycles. The second-order valence-corrected chi connectivity index (χ2v) is 3.89. The third-order valence-corrected chi connectivity index (χ3v) is 2.14. The number of aliphatic carboxylic acids is 1. The molecule has 0 aromatic carbocycles. The minimum atomic E-state index is -0.741. The molecule has 3 heteroatoms. The summed E-state index contributed by atoms with van der Waals surface area (Å²) in [6, 6.07) is 0.536. The van der Waals surface area contributed by atoms with Crippen LogP contribution in [0.4, 0.5) is 0 Å². The smallest absolute Gasteiger partial charge is 0.305 e. The summed E-state index contributed by atoms with van der Waals surface area (Å²) in [7, 11) is 0. The minimum Gasteiger partial charge on any atom is -0.481 e. The molecule has 0 bridgehead atoms. The molecule has 0 unspecified atom stereocenters. The van der Waals surface area contributed by atoms with Crippen molar-refractivity contribution in [2.24, 2.45) is 11.7 Å². The Balaban J connectivity index is 0.000000226. The highest BCUT2D eigenvalue weighted by molar-refractivity contribution is 5.68.